The summed E-state index contributed by atoms with van der Waals surface area (Å²) in [6.45, 7) is 1.98. The second kappa shape index (κ2) is 3.94. The minimum Gasteiger partial charge on any atom is -0.327 e. The van der Waals surface area contributed by atoms with Gasteiger partial charge >= 0.3 is 0 Å². The van der Waals surface area contributed by atoms with Crippen LogP contribution in [0.3, 0.4) is 0 Å². The molecule has 0 aliphatic heterocycles. The Morgan fingerprint density at radius 1 is 1.46 bits per heavy atom. The van der Waals surface area contributed by atoms with Crippen molar-refractivity contribution in [3.05, 3.63) is 5.01 Å². The van der Waals surface area contributed by atoms with Crippen molar-refractivity contribution in [1.82, 2.24) is 10.2 Å². The number of nitrogens with two attached hydrogens (primary N) is 1. The number of aryl methyl sites for hydroxylation is 1. The first-order valence-corrected chi connectivity index (χ1v) is 6.17. The number of aromatic nitrogens is 2. The largest absolute Gasteiger partial charge is 0.327 e. The molecule has 2 unspecified atom stereocenters. The first-order valence-electron chi connectivity index (χ1n) is 4.48. The zero-order valence-electron chi connectivity index (χ0n) is 7.56. The van der Waals surface area contributed by atoms with Gasteiger partial charge in [0.25, 0.3) is 0 Å². The molecule has 1 aromatic rings. The van der Waals surface area contributed by atoms with Gasteiger partial charge in [-0.15, -0.1) is 10.2 Å². The van der Waals surface area contributed by atoms with Crippen LogP contribution in [-0.2, 0) is 0 Å². The Morgan fingerprint density at radius 3 is 2.85 bits per heavy atom. The minimum absolute atomic E-state index is 0.356. The SMILES string of the molecule is Cc1nnc(SC2CCCC2N)s1. The van der Waals surface area contributed by atoms with E-state index in [-0.39, 0.29) is 0 Å². The monoisotopic (exact) mass is 215 g/mol. The quantitative estimate of drug-likeness (QED) is 0.817. The number of hydrogen-bond donors (Lipinski definition) is 1. The number of thioether (sulfide) groups is 1. The lowest BCUT2D eigenvalue weighted by atomic mass is 10.3. The van der Waals surface area contributed by atoms with Crippen LogP contribution in [0.5, 0.6) is 0 Å². The number of rotatable bonds is 2. The highest BCUT2D eigenvalue weighted by Crippen LogP contribution is 2.35. The van der Waals surface area contributed by atoms with Crippen LogP contribution in [0.2, 0.25) is 0 Å². The van der Waals surface area contributed by atoms with E-state index in [4.69, 9.17) is 5.73 Å². The maximum absolute atomic E-state index is 5.97. The molecule has 0 radical (unpaired) electrons. The summed E-state index contributed by atoms with van der Waals surface area (Å²) in [6, 6.07) is 0.356. The summed E-state index contributed by atoms with van der Waals surface area (Å²) >= 11 is 3.46. The summed E-state index contributed by atoms with van der Waals surface area (Å²) in [7, 11) is 0. The maximum Gasteiger partial charge on any atom is 0.174 e. The molecule has 5 heteroatoms. The van der Waals surface area contributed by atoms with Crippen LogP contribution in [0, 0.1) is 6.92 Å². The molecule has 0 aromatic carbocycles. The van der Waals surface area contributed by atoms with Gasteiger partial charge in [-0.05, 0) is 19.8 Å². The van der Waals surface area contributed by atoms with Crippen molar-refractivity contribution >= 4 is 23.1 Å². The zero-order chi connectivity index (χ0) is 9.26. The average molecular weight is 215 g/mol. The third-order valence-corrected chi connectivity index (χ3v) is 4.61. The van der Waals surface area contributed by atoms with Crippen molar-refractivity contribution in [2.45, 2.75) is 41.8 Å². The normalized spacial score (nSPS) is 28.2. The molecule has 2 N–H and O–H groups in total. The van der Waals surface area contributed by atoms with Crippen LogP contribution >= 0.6 is 23.1 Å². The molecule has 2 rings (SSSR count). The Kier molecular flexibility index (Phi) is 2.86. The van der Waals surface area contributed by atoms with Gasteiger partial charge in [-0.3, -0.25) is 0 Å². The summed E-state index contributed by atoms with van der Waals surface area (Å²) in [4.78, 5) is 0. The van der Waals surface area contributed by atoms with Gasteiger partial charge in [0.1, 0.15) is 5.01 Å². The molecular formula is C8H13N3S2. The van der Waals surface area contributed by atoms with E-state index in [9.17, 15) is 0 Å². The molecule has 0 spiro atoms. The van der Waals surface area contributed by atoms with Crippen LogP contribution in [-0.4, -0.2) is 21.5 Å². The molecule has 1 aliphatic carbocycles. The van der Waals surface area contributed by atoms with E-state index in [0.717, 1.165) is 15.8 Å². The second-order valence-corrected chi connectivity index (χ2v) is 6.01. The molecular weight excluding hydrogens is 202 g/mol. The zero-order valence-corrected chi connectivity index (χ0v) is 9.20. The van der Waals surface area contributed by atoms with Crippen molar-refractivity contribution in [1.29, 1.82) is 0 Å². The number of hydrogen-bond acceptors (Lipinski definition) is 5. The Bertz CT molecular complexity index is 287. The van der Waals surface area contributed by atoms with Gasteiger partial charge in [0.05, 0.1) is 0 Å². The van der Waals surface area contributed by atoms with Crippen molar-refractivity contribution in [3.63, 3.8) is 0 Å². The van der Waals surface area contributed by atoms with Crippen LogP contribution in [0.25, 0.3) is 0 Å². The molecule has 13 heavy (non-hydrogen) atoms. The van der Waals surface area contributed by atoms with Gasteiger partial charge in [-0.2, -0.15) is 0 Å². The van der Waals surface area contributed by atoms with Gasteiger partial charge in [0, 0.05) is 11.3 Å². The molecule has 3 nitrogen and oxygen atoms in total. The highest BCUT2D eigenvalue weighted by atomic mass is 32.2. The maximum atomic E-state index is 5.97. The van der Waals surface area contributed by atoms with Crippen LogP contribution in [0.15, 0.2) is 4.34 Å². The van der Waals surface area contributed by atoms with Gasteiger partial charge in [-0.1, -0.05) is 29.5 Å². The smallest absolute Gasteiger partial charge is 0.174 e. The summed E-state index contributed by atoms with van der Waals surface area (Å²) in [5.41, 5.74) is 5.97. The third kappa shape index (κ3) is 2.21. The fourth-order valence-electron chi connectivity index (χ4n) is 1.56. The fraction of sp³-hybridized carbons (Fsp3) is 0.750. The number of nitrogens with zero attached hydrogens (tertiary/aromatic N) is 2. The van der Waals surface area contributed by atoms with Crippen molar-refractivity contribution in [2.75, 3.05) is 0 Å². The van der Waals surface area contributed by atoms with E-state index in [1.807, 2.05) is 6.92 Å². The Morgan fingerprint density at radius 2 is 2.31 bits per heavy atom. The lowest BCUT2D eigenvalue weighted by molar-refractivity contribution is 0.715. The Hall–Kier alpha value is -0.130. The van der Waals surface area contributed by atoms with E-state index in [2.05, 4.69) is 10.2 Å². The molecule has 1 aliphatic rings. The second-order valence-electron chi connectivity index (χ2n) is 3.34. The molecule has 0 saturated heterocycles. The predicted octanol–water partition coefficient (Wildman–Crippen LogP) is 1.82. The first kappa shape index (κ1) is 9.43. The molecule has 1 saturated carbocycles. The summed E-state index contributed by atoms with van der Waals surface area (Å²) < 4.78 is 1.07. The van der Waals surface area contributed by atoms with Gasteiger partial charge in [-0.25, -0.2) is 0 Å². The summed E-state index contributed by atoms with van der Waals surface area (Å²) in [5.74, 6) is 0. The summed E-state index contributed by atoms with van der Waals surface area (Å²) in [6.07, 6.45) is 3.65. The van der Waals surface area contributed by atoms with E-state index in [1.165, 1.54) is 12.8 Å². The molecule has 1 fully saturated rings. The highest BCUT2D eigenvalue weighted by molar-refractivity contribution is 8.01. The molecule has 0 amide bonds. The van der Waals surface area contributed by atoms with Crippen LogP contribution in [0.1, 0.15) is 24.3 Å². The highest BCUT2D eigenvalue weighted by Gasteiger charge is 2.25. The molecule has 72 valence electrons. The van der Waals surface area contributed by atoms with Crippen LogP contribution in [0.4, 0.5) is 0 Å². The minimum atomic E-state index is 0.356. The Labute approximate surface area is 86.1 Å². The lowest BCUT2D eigenvalue weighted by Gasteiger charge is -2.11. The first-order chi connectivity index (χ1) is 6.25. The van der Waals surface area contributed by atoms with E-state index in [1.54, 1.807) is 23.1 Å². The molecule has 0 bridgehead atoms. The fourth-order valence-corrected chi connectivity index (χ4v) is 3.84. The van der Waals surface area contributed by atoms with Crippen molar-refractivity contribution in [3.8, 4) is 0 Å². The van der Waals surface area contributed by atoms with Crippen molar-refractivity contribution < 1.29 is 0 Å². The van der Waals surface area contributed by atoms with Gasteiger partial charge in [0.2, 0.25) is 0 Å². The van der Waals surface area contributed by atoms with Gasteiger partial charge < -0.3 is 5.73 Å². The van der Waals surface area contributed by atoms with Crippen molar-refractivity contribution in [2.24, 2.45) is 5.73 Å². The molecule has 2 atom stereocenters. The summed E-state index contributed by atoms with van der Waals surface area (Å²) in [5, 5.41) is 9.68. The van der Waals surface area contributed by atoms with Crippen LogP contribution < -0.4 is 5.73 Å². The van der Waals surface area contributed by atoms with E-state index >= 15 is 0 Å². The standard InChI is InChI=1S/C8H13N3S2/c1-5-10-11-8(12-5)13-7-4-2-3-6(7)9/h6-7H,2-4,9H2,1H3. The van der Waals surface area contributed by atoms with E-state index < -0.39 is 0 Å². The van der Waals surface area contributed by atoms with Gasteiger partial charge in [0.15, 0.2) is 4.34 Å². The average Bonchev–Trinajstić information content (AvgIpc) is 2.64. The molecule has 1 aromatic heterocycles. The van der Waals surface area contributed by atoms with E-state index in [0.29, 0.717) is 11.3 Å². The third-order valence-electron chi connectivity index (χ3n) is 2.26. The lowest BCUT2D eigenvalue weighted by Crippen LogP contribution is -2.26. The topological polar surface area (TPSA) is 51.8 Å². The Balaban J connectivity index is 1.97. The predicted molar refractivity (Wildman–Crippen MR) is 56.1 cm³/mol. The molecule has 1 heterocycles.